The SMILES string of the molecule is CN=C(NCC(C)Oc1cccc(C)c1)N1CCN(CC(=O)NCCOC)CC1. The number of nitrogens with one attached hydrogen (secondary N) is 2. The fraction of sp³-hybridized carbons (Fsp3) is 0.619. The van der Waals surface area contributed by atoms with E-state index in [9.17, 15) is 4.79 Å². The van der Waals surface area contributed by atoms with Gasteiger partial charge in [-0.25, -0.2) is 0 Å². The minimum atomic E-state index is 0.0191. The number of hydrogen-bond acceptors (Lipinski definition) is 5. The van der Waals surface area contributed by atoms with Gasteiger partial charge in [0.2, 0.25) is 5.91 Å². The predicted molar refractivity (Wildman–Crippen MR) is 116 cm³/mol. The molecule has 29 heavy (non-hydrogen) atoms. The molecule has 1 amide bonds. The Bertz CT molecular complexity index is 659. The normalized spacial score (nSPS) is 16.4. The summed E-state index contributed by atoms with van der Waals surface area (Å²) in [6.45, 7) is 9.59. The van der Waals surface area contributed by atoms with Crippen molar-refractivity contribution in [3.63, 3.8) is 0 Å². The Morgan fingerprint density at radius 1 is 1.24 bits per heavy atom. The fourth-order valence-corrected chi connectivity index (χ4v) is 3.20. The Kier molecular flexibility index (Phi) is 9.73. The number of aliphatic imine (C=N–C) groups is 1. The molecule has 162 valence electrons. The van der Waals surface area contributed by atoms with Gasteiger partial charge in [0.05, 0.1) is 19.7 Å². The lowest BCUT2D eigenvalue weighted by Crippen LogP contribution is -2.54. The molecule has 0 spiro atoms. The highest BCUT2D eigenvalue weighted by molar-refractivity contribution is 5.80. The number of carbonyl (C=O) groups excluding carboxylic acids is 1. The van der Waals surface area contributed by atoms with Gasteiger partial charge in [0.25, 0.3) is 0 Å². The van der Waals surface area contributed by atoms with Crippen molar-refractivity contribution < 1.29 is 14.3 Å². The van der Waals surface area contributed by atoms with Gasteiger partial charge in [-0.15, -0.1) is 0 Å². The summed E-state index contributed by atoms with van der Waals surface area (Å²) in [6, 6.07) is 8.07. The van der Waals surface area contributed by atoms with Crippen molar-refractivity contribution in [1.82, 2.24) is 20.4 Å². The lowest BCUT2D eigenvalue weighted by molar-refractivity contribution is -0.122. The first-order valence-electron chi connectivity index (χ1n) is 10.2. The highest BCUT2D eigenvalue weighted by atomic mass is 16.5. The number of carbonyl (C=O) groups is 1. The van der Waals surface area contributed by atoms with E-state index in [1.54, 1.807) is 14.2 Å². The van der Waals surface area contributed by atoms with Crippen molar-refractivity contribution in [2.75, 3.05) is 66.6 Å². The van der Waals surface area contributed by atoms with Crippen LogP contribution in [0.5, 0.6) is 5.75 Å². The van der Waals surface area contributed by atoms with Gasteiger partial charge >= 0.3 is 0 Å². The Labute approximate surface area is 174 Å². The van der Waals surface area contributed by atoms with Gasteiger partial charge in [-0.3, -0.25) is 14.7 Å². The van der Waals surface area contributed by atoms with E-state index in [1.165, 1.54) is 5.56 Å². The third-order valence-electron chi connectivity index (χ3n) is 4.75. The lowest BCUT2D eigenvalue weighted by atomic mass is 10.2. The molecule has 0 aliphatic carbocycles. The molecule has 0 saturated carbocycles. The molecule has 0 aromatic heterocycles. The van der Waals surface area contributed by atoms with Crippen molar-refractivity contribution >= 4 is 11.9 Å². The Morgan fingerprint density at radius 3 is 2.66 bits per heavy atom. The molecule has 8 nitrogen and oxygen atoms in total. The number of methoxy groups -OCH3 is 1. The highest BCUT2D eigenvalue weighted by Crippen LogP contribution is 2.14. The molecule has 2 N–H and O–H groups in total. The van der Waals surface area contributed by atoms with Gasteiger partial charge in [0.1, 0.15) is 11.9 Å². The Balaban J connectivity index is 1.71. The van der Waals surface area contributed by atoms with Gasteiger partial charge < -0.3 is 25.0 Å². The molecule has 1 aliphatic rings. The van der Waals surface area contributed by atoms with Gasteiger partial charge in [0, 0.05) is 46.9 Å². The summed E-state index contributed by atoms with van der Waals surface area (Å²) in [4.78, 5) is 20.7. The van der Waals surface area contributed by atoms with E-state index in [-0.39, 0.29) is 12.0 Å². The van der Waals surface area contributed by atoms with E-state index in [0.29, 0.717) is 26.2 Å². The highest BCUT2D eigenvalue weighted by Gasteiger charge is 2.21. The molecular weight excluding hydrogens is 370 g/mol. The van der Waals surface area contributed by atoms with Crippen LogP contribution in [0.4, 0.5) is 0 Å². The largest absolute Gasteiger partial charge is 0.489 e. The first-order chi connectivity index (χ1) is 14.0. The van der Waals surface area contributed by atoms with Crippen LogP contribution in [0.25, 0.3) is 0 Å². The van der Waals surface area contributed by atoms with E-state index in [4.69, 9.17) is 9.47 Å². The summed E-state index contributed by atoms with van der Waals surface area (Å²) < 4.78 is 10.9. The molecule has 1 aliphatic heterocycles. The third kappa shape index (κ3) is 8.29. The number of ether oxygens (including phenoxy) is 2. The quantitative estimate of drug-likeness (QED) is 0.358. The second-order valence-corrected chi connectivity index (χ2v) is 7.28. The zero-order valence-electron chi connectivity index (χ0n) is 18.1. The Morgan fingerprint density at radius 2 is 2.00 bits per heavy atom. The van der Waals surface area contributed by atoms with Crippen LogP contribution in [0.15, 0.2) is 29.3 Å². The number of nitrogens with zero attached hydrogens (tertiary/aromatic N) is 3. The topological polar surface area (TPSA) is 78.4 Å². The molecule has 1 aromatic carbocycles. The van der Waals surface area contributed by atoms with Crippen LogP contribution < -0.4 is 15.4 Å². The monoisotopic (exact) mass is 405 g/mol. The maximum Gasteiger partial charge on any atom is 0.234 e. The summed E-state index contributed by atoms with van der Waals surface area (Å²) in [6.07, 6.45) is 0.0191. The maximum atomic E-state index is 11.9. The molecule has 1 heterocycles. The zero-order valence-corrected chi connectivity index (χ0v) is 18.1. The van der Waals surface area contributed by atoms with Crippen LogP contribution in [0.3, 0.4) is 0 Å². The average Bonchev–Trinajstić information content (AvgIpc) is 2.70. The van der Waals surface area contributed by atoms with E-state index >= 15 is 0 Å². The van der Waals surface area contributed by atoms with Crippen LogP contribution >= 0.6 is 0 Å². The zero-order chi connectivity index (χ0) is 21.1. The van der Waals surface area contributed by atoms with E-state index in [1.807, 2.05) is 25.1 Å². The minimum absolute atomic E-state index is 0.0191. The molecule has 8 heteroatoms. The van der Waals surface area contributed by atoms with E-state index < -0.39 is 0 Å². The van der Waals surface area contributed by atoms with Crippen LogP contribution in [0, 0.1) is 6.92 Å². The van der Waals surface area contributed by atoms with Gasteiger partial charge in [0.15, 0.2) is 5.96 Å². The summed E-state index contributed by atoms with van der Waals surface area (Å²) >= 11 is 0. The summed E-state index contributed by atoms with van der Waals surface area (Å²) in [7, 11) is 3.42. The number of aryl methyl sites for hydroxylation is 1. The van der Waals surface area contributed by atoms with Crippen LogP contribution in [0.2, 0.25) is 0 Å². The van der Waals surface area contributed by atoms with Crippen LogP contribution in [0.1, 0.15) is 12.5 Å². The molecule has 0 bridgehead atoms. The van der Waals surface area contributed by atoms with Gasteiger partial charge in [-0.05, 0) is 31.5 Å². The number of hydrogen-bond donors (Lipinski definition) is 2. The van der Waals surface area contributed by atoms with Crippen molar-refractivity contribution in [2.45, 2.75) is 20.0 Å². The Hall–Kier alpha value is -2.32. The average molecular weight is 406 g/mol. The molecular formula is C21H35N5O3. The van der Waals surface area contributed by atoms with Crippen molar-refractivity contribution in [2.24, 2.45) is 4.99 Å². The second-order valence-electron chi connectivity index (χ2n) is 7.28. The van der Waals surface area contributed by atoms with E-state index in [0.717, 1.165) is 37.9 Å². The number of amides is 1. The first-order valence-corrected chi connectivity index (χ1v) is 10.2. The molecule has 1 aromatic rings. The molecule has 0 radical (unpaired) electrons. The van der Waals surface area contributed by atoms with Crippen molar-refractivity contribution in [1.29, 1.82) is 0 Å². The maximum absolute atomic E-state index is 11.9. The first kappa shape index (κ1) is 23.0. The smallest absolute Gasteiger partial charge is 0.234 e. The molecule has 1 fully saturated rings. The summed E-state index contributed by atoms with van der Waals surface area (Å²) in [5, 5.41) is 6.27. The van der Waals surface area contributed by atoms with Crippen LogP contribution in [-0.2, 0) is 9.53 Å². The fourth-order valence-electron chi connectivity index (χ4n) is 3.20. The second kappa shape index (κ2) is 12.3. The molecule has 2 rings (SSSR count). The number of rotatable bonds is 9. The number of benzene rings is 1. The minimum Gasteiger partial charge on any atom is -0.489 e. The van der Waals surface area contributed by atoms with Crippen molar-refractivity contribution in [3.8, 4) is 5.75 Å². The summed E-state index contributed by atoms with van der Waals surface area (Å²) in [5.74, 6) is 1.79. The number of piperazine rings is 1. The third-order valence-corrected chi connectivity index (χ3v) is 4.75. The summed E-state index contributed by atoms with van der Waals surface area (Å²) in [5.41, 5.74) is 1.18. The van der Waals surface area contributed by atoms with E-state index in [2.05, 4.69) is 38.4 Å². The standard InChI is InChI=1S/C21H35N5O3/c1-17-6-5-7-19(14-17)29-18(2)15-24-21(22-3)26-11-9-25(10-12-26)16-20(27)23-8-13-28-4/h5-7,14,18H,8-13,15-16H2,1-4H3,(H,22,24)(H,23,27). The predicted octanol–water partition coefficient (Wildman–Crippen LogP) is 0.718. The molecule has 1 saturated heterocycles. The van der Waals surface area contributed by atoms with Gasteiger partial charge in [-0.1, -0.05) is 12.1 Å². The molecule has 1 atom stereocenters. The molecule has 1 unspecified atom stereocenters. The lowest BCUT2D eigenvalue weighted by Gasteiger charge is -2.36. The van der Waals surface area contributed by atoms with Crippen molar-refractivity contribution in [3.05, 3.63) is 29.8 Å². The van der Waals surface area contributed by atoms with Crippen LogP contribution in [-0.4, -0.2) is 94.3 Å². The van der Waals surface area contributed by atoms with Gasteiger partial charge in [-0.2, -0.15) is 0 Å². The number of guanidine groups is 1.